The van der Waals surface area contributed by atoms with Crippen LogP contribution in [0.5, 0.6) is 0 Å². The molecule has 0 radical (unpaired) electrons. The van der Waals surface area contributed by atoms with E-state index in [1.807, 2.05) is 54.9 Å². The largest absolute Gasteiger partial charge is 0.348 e. The summed E-state index contributed by atoms with van der Waals surface area (Å²) in [5.41, 5.74) is 5.20. The summed E-state index contributed by atoms with van der Waals surface area (Å²) in [6.45, 7) is 5.26. The first-order chi connectivity index (χ1) is 11.6. The maximum atomic E-state index is 12.4. The van der Waals surface area contributed by atoms with Crippen molar-refractivity contribution in [2.75, 3.05) is 0 Å². The molecule has 1 N–H and O–H groups in total. The zero-order chi connectivity index (χ0) is 16.9. The molecule has 0 fully saturated rings. The van der Waals surface area contributed by atoms with Gasteiger partial charge in [-0.25, -0.2) is 4.98 Å². The van der Waals surface area contributed by atoms with Gasteiger partial charge in [0.2, 0.25) is 0 Å². The first kappa shape index (κ1) is 16.0. The quantitative estimate of drug-likeness (QED) is 0.782. The molecule has 0 spiro atoms. The lowest BCUT2D eigenvalue weighted by molar-refractivity contribution is 0.0950. The average Bonchev–Trinajstić information content (AvgIpc) is 3.06. The van der Waals surface area contributed by atoms with Crippen molar-refractivity contribution in [3.8, 4) is 0 Å². The summed E-state index contributed by atoms with van der Waals surface area (Å²) in [6.07, 6.45) is 5.50. The van der Waals surface area contributed by atoms with E-state index in [9.17, 15) is 4.79 Å². The van der Waals surface area contributed by atoms with E-state index in [1.165, 1.54) is 5.56 Å². The highest BCUT2D eigenvalue weighted by molar-refractivity contribution is 5.94. The highest BCUT2D eigenvalue weighted by Gasteiger charge is 2.08. The fraction of sp³-hybridized carbons (Fsp3) is 0.200. The Labute approximate surface area is 142 Å². The minimum absolute atomic E-state index is 0.0424. The molecular weight excluding hydrogens is 298 g/mol. The van der Waals surface area contributed by atoms with Crippen LogP contribution in [-0.2, 0) is 13.1 Å². The van der Waals surface area contributed by atoms with E-state index in [-0.39, 0.29) is 5.91 Å². The first-order valence-electron chi connectivity index (χ1n) is 8.01. The van der Waals surface area contributed by atoms with Crippen LogP contribution in [0, 0.1) is 13.8 Å². The highest BCUT2D eigenvalue weighted by atomic mass is 16.1. The molecule has 0 unspecified atom stereocenters. The van der Waals surface area contributed by atoms with Crippen molar-refractivity contribution in [1.29, 1.82) is 0 Å². The topological polar surface area (TPSA) is 46.9 Å². The maximum Gasteiger partial charge on any atom is 0.251 e. The molecule has 0 bridgehead atoms. The Bertz CT molecular complexity index is 818. The average molecular weight is 319 g/mol. The summed E-state index contributed by atoms with van der Waals surface area (Å²) in [5.74, 6) is -0.0424. The Kier molecular flexibility index (Phi) is 4.75. The minimum Gasteiger partial charge on any atom is -0.348 e. The van der Waals surface area contributed by atoms with Crippen molar-refractivity contribution in [2.24, 2.45) is 0 Å². The summed E-state index contributed by atoms with van der Waals surface area (Å²) in [5, 5.41) is 3.03. The Balaban J connectivity index is 1.71. The zero-order valence-corrected chi connectivity index (χ0v) is 14.0. The third-order valence-corrected chi connectivity index (χ3v) is 3.95. The van der Waals surface area contributed by atoms with E-state index >= 15 is 0 Å². The fourth-order valence-corrected chi connectivity index (χ4v) is 2.84. The van der Waals surface area contributed by atoms with E-state index in [0.717, 1.165) is 23.2 Å². The Morgan fingerprint density at radius 2 is 1.79 bits per heavy atom. The number of rotatable bonds is 5. The molecule has 3 aromatic rings. The van der Waals surface area contributed by atoms with Crippen molar-refractivity contribution in [3.63, 3.8) is 0 Å². The molecule has 1 aromatic heterocycles. The Morgan fingerprint density at radius 3 is 2.46 bits per heavy atom. The second kappa shape index (κ2) is 7.13. The van der Waals surface area contributed by atoms with Gasteiger partial charge < -0.3 is 9.88 Å². The van der Waals surface area contributed by atoms with E-state index in [0.29, 0.717) is 12.1 Å². The van der Waals surface area contributed by atoms with Crippen LogP contribution in [0.15, 0.2) is 61.2 Å². The molecule has 0 aliphatic carbocycles. The van der Waals surface area contributed by atoms with Crippen LogP contribution in [0.1, 0.15) is 32.6 Å². The molecule has 0 aliphatic heterocycles. The molecule has 0 aliphatic rings. The summed E-state index contributed by atoms with van der Waals surface area (Å²) in [4.78, 5) is 16.5. The number of hydrogen-bond acceptors (Lipinski definition) is 2. The normalized spacial score (nSPS) is 10.6. The molecular formula is C20H21N3O. The van der Waals surface area contributed by atoms with Gasteiger partial charge in [0.05, 0.1) is 6.33 Å². The lowest BCUT2D eigenvalue weighted by Gasteiger charge is -2.12. The molecule has 4 nitrogen and oxygen atoms in total. The predicted molar refractivity (Wildman–Crippen MR) is 94.9 cm³/mol. The van der Waals surface area contributed by atoms with Gasteiger partial charge in [-0.15, -0.1) is 0 Å². The number of imidazole rings is 1. The van der Waals surface area contributed by atoms with Gasteiger partial charge in [-0.05, 0) is 37.1 Å². The lowest BCUT2D eigenvalue weighted by Crippen LogP contribution is -2.23. The van der Waals surface area contributed by atoms with Gasteiger partial charge in [0.25, 0.3) is 5.91 Å². The molecule has 2 aromatic carbocycles. The van der Waals surface area contributed by atoms with Crippen molar-refractivity contribution in [2.45, 2.75) is 26.9 Å². The standard InChI is InChI=1S/C20H21N3O/c1-15-9-16(2)11-19(10-15)20(24)22-12-17-5-3-4-6-18(17)13-23-8-7-21-14-23/h3-11,14H,12-13H2,1-2H3,(H,22,24). The molecule has 0 atom stereocenters. The van der Waals surface area contributed by atoms with Crippen molar-refractivity contribution in [1.82, 2.24) is 14.9 Å². The van der Waals surface area contributed by atoms with Crippen LogP contribution < -0.4 is 5.32 Å². The van der Waals surface area contributed by atoms with E-state index < -0.39 is 0 Å². The summed E-state index contributed by atoms with van der Waals surface area (Å²) >= 11 is 0. The fourth-order valence-electron chi connectivity index (χ4n) is 2.84. The number of carbonyl (C=O) groups excluding carboxylic acids is 1. The number of amides is 1. The van der Waals surface area contributed by atoms with Gasteiger partial charge >= 0.3 is 0 Å². The van der Waals surface area contributed by atoms with Gasteiger partial charge in [-0.1, -0.05) is 41.5 Å². The molecule has 122 valence electrons. The lowest BCUT2D eigenvalue weighted by atomic mass is 10.1. The number of nitrogens with one attached hydrogen (secondary N) is 1. The molecule has 1 heterocycles. The van der Waals surface area contributed by atoms with Crippen LogP contribution in [0.25, 0.3) is 0 Å². The van der Waals surface area contributed by atoms with E-state index in [2.05, 4.69) is 22.4 Å². The molecule has 3 rings (SSSR count). The maximum absolute atomic E-state index is 12.4. The van der Waals surface area contributed by atoms with Crippen LogP contribution >= 0.6 is 0 Å². The van der Waals surface area contributed by atoms with E-state index in [1.54, 1.807) is 12.5 Å². The van der Waals surface area contributed by atoms with Gasteiger partial charge in [0.15, 0.2) is 0 Å². The van der Waals surface area contributed by atoms with Gasteiger partial charge in [-0.2, -0.15) is 0 Å². The third-order valence-electron chi connectivity index (χ3n) is 3.95. The molecule has 24 heavy (non-hydrogen) atoms. The first-order valence-corrected chi connectivity index (χ1v) is 8.01. The second-order valence-electron chi connectivity index (χ2n) is 6.06. The smallest absolute Gasteiger partial charge is 0.251 e. The Morgan fingerprint density at radius 1 is 1.08 bits per heavy atom. The minimum atomic E-state index is -0.0424. The van der Waals surface area contributed by atoms with Gasteiger partial charge in [-0.3, -0.25) is 4.79 Å². The summed E-state index contributed by atoms with van der Waals surface area (Å²) in [6, 6.07) is 14.0. The van der Waals surface area contributed by atoms with E-state index in [4.69, 9.17) is 0 Å². The number of carbonyl (C=O) groups is 1. The second-order valence-corrected chi connectivity index (χ2v) is 6.06. The number of nitrogens with zero attached hydrogens (tertiary/aromatic N) is 2. The van der Waals surface area contributed by atoms with Gasteiger partial charge in [0.1, 0.15) is 0 Å². The summed E-state index contributed by atoms with van der Waals surface area (Å²) in [7, 11) is 0. The van der Waals surface area contributed by atoms with Crippen LogP contribution in [0.3, 0.4) is 0 Å². The van der Waals surface area contributed by atoms with Crippen molar-refractivity contribution < 1.29 is 4.79 Å². The van der Waals surface area contributed by atoms with Crippen LogP contribution in [0.4, 0.5) is 0 Å². The SMILES string of the molecule is Cc1cc(C)cc(C(=O)NCc2ccccc2Cn2ccnc2)c1. The number of aryl methyl sites for hydroxylation is 2. The number of aromatic nitrogens is 2. The molecule has 0 saturated carbocycles. The monoisotopic (exact) mass is 319 g/mol. The Hall–Kier alpha value is -2.88. The molecule has 1 amide bonds. The molecule has 0 saturated heterocycles. The highest BCUT2D eigenvalue weighted by Crippen LogP contribution is 2.12. The predicted octanol–water partition coefficient (Wildman–Crippen LogP) is 3.48. The van der Waals surface area contributed by atoms with Crippen molar-refractivity contribution >= 4 is 5.91 Å². The number of hydrogen-bond donors (Lipinski definition) is 1. The van der Waals surface area contributed by atoms with Gasteiger partial charge in [0, 0.05) is 31.0 Å². The third kappa shape index (κ3) is 3.90. The molecule has 4 heteroatoms. The van der Waals surface area contributed by atoms with Crippen molar-refractivity contribution in [3.05, 3.63) is 89.0 Å². The zero-order valence-electron chi connectivity index (χ0n) is 14.0. The summed E-state index contributed by atoms with van der Waals surface area (Å²) < 4.78 is 2.02. The van der Waals surface area contributed by atoms with Crippen LogP contribution in [-0.4, -0.2) is 15.5 Å². The van der Waals surface area contributed by atoms with Crippen LogP contribution in [0.2, 0.25) is 0 Å². The number of benzene rings is 2.